The maximum absolute atomic E-state index is 12.6. The number of carbonyl (C=O) groups excluding carboxylic acids is 1. The van der Waals surface area contributed by atoms with Crippen LogP contribution in [-0.4, -0.2) is 15.5 Å². The molecular weight excluding hydrogens is 310 g/mol. The minimum atomic E-state index is -0.564. The fourth-order valence-corrected chi connectivity index (χ4v) is 3.41. The quantitative estimate of drug-likeness (QED) is 0.800. The number of rotatable bonds is 4. The van der Waals surface area contributed by atoms with Crippen LogP contribution in [0.25, 0.3) is 21.3 Å². The van der Waals surface area contributed by atoms with E-state index in [0.717, 1.165) is 11.1 Å². The third kappa shape index (κ3) is 2.90. The minimum Gasteiger partial charge on any atom is -0.368 e. The highest BCUT2D eigenvalue weighted by atomic mass is 32.1. The van der Waals surface area contributed by atoms with E-state index in [2.05, 4.69) is 31.0 Å². The van der Waals surface area contributed by atoms with Crippen LogP contribution in [0.5, 0.6) is 0 Å². The molecule has 0 saturated heterocycles. The van der Waals surface area contributed by atoms with Gasteiger partial charge in [-0.2, -0.15) is 0 Å². The number of benzene rings is 1. The lowest BCUT2D eigenvalue weighted by Gasteiger charge is -2.07. The van der Waals surface area contributed by atoms with Gasteiger partial charge in [0, 0.05) is 10.9 Å². The van der Waals surface area contributed by atoms with Crippen LogP contribution in [0.3, 0.4) is 0 Å². The van der Waals surface area contributed by atoms with Crippen LogP contribution < -0.4 is 11.3 Å². The van der Waals surface area contributed by atoms with E-state index in [1.54, 1.807) is 0 Å². The maximum atomic E-state index is 12.6. The molecule has 0 bridgehead atoms. The van der Waals surface area contributed by atoms with E-state index in [9.17, 15) is 9.59 Å². The van der Waals surface area contributed by atoms with Crippen molar-refractivity contribution in [2.45, 2.75) is 26.3 Å². The molecule has 0 aliphatic rings. The Morgan fingerprint density at radius 3 is 2.61 bits per heavy atom. The van der Waals surface area contributed by atoms with Gasteiger partial charge in [0.1, 0.15) is 11.4 Å². The van der Waals surface area contributed by atoms with Crippen molar-refractivity contribution < 1.29 is 4.79 Å². The summed E-state index contributed by atoms with van der Waals surface area (Å²) in [6.45, 7) is 4.12. The number of primary amides is 1. The molecule has 2 aromatic heterocycles. The first kappa shape index (κ1) is 15.4. The zero-order chi connectivity index (χ0) is 16.6. The molecule has 2 N–H and O–H groups in total. The molecule has 2 heterocycles. The lowest BCUT2D eigenvalue weighted by atomic mass is 9.99. The number of hydrogen-bond acceptors (Lipinski definition) is 4. The summed E-state index contributed by atoms with van der Waals surface area (Å²) in [4.78, 5) is 28.6. The summed E-state index contributed by atoms with van der Waals surface area (Å²) < 4.78 is 1.25. The summed E-state index contributed by atoms with van der Waals surface area (Å²) in [6, 6.07) is 8.17. The first-order chi connectivity index (χ1) is 11.0. The molecule has 1 amide bonds. The number of nitrogens with two attached hydrogens (primary N) is 1. The Bertz CT molecular complexity index is 923. The van der Waals surface area contributed by atoms with Gasteiger partial charge in [-0.3, -0.25) is 14.2 Å². The summed E-state index contributed by atoms with van der Waals surface area (Å²) in [6.07, 6.45) is 1.37. The van der Waals surface area contributed by atoms with Gasteiger partial charge in [0.2, 0.25) is 5.91 Å². The van der Waals surface area contributed by atoms with Gasteiger partial charge in [-0.25, -0.2) is 4.98 Å². The molecule has 6 heteroatoms. The van der Waals surface area contributed by atoms with Crippen molar-refractivity contribution in [1.29, 1.82) is 0 Å². The highest BCUT2D eigenvalue weighted by Gasteiger charge is 2.14. The fourth-order valence-electron chi connectivity index (χ4n) is 2.51. The smallest absolute Gasteiger partial charge is 0.263 e. The zero-order valence-electron chi connectivity index (χ0n) is 12.9. The highest BCUT2D eigenvalue weighted by Crippen LogP contribution is 2.31. The Labute approximate surface area is 137 Å². The van der Waals surface area contributed by atoms with Crippen LogP contribution in [0.2, 0.25) is 0 Å². The van der Waals surface area contributed by atoms with Gasteiger partial charge in [0.05, 0.1) is 11.7 Å². The lowest BCUT2D eigenvalue weighted by Crippen LogP contribution is -2.28. The molecule has 0 aliphatic heterocycles. The Kier molecular flexibility index (Phi) is 4.00. The number of nitrogens with zero attached hydrogens (tertiary/aromatic N) is 2. The van der Waals surface area contributed by atoms with Gasteiger partial charge in [-0.1, -0.05) is 38.1 Å². The van der Waals surface area contributed by atoms with Crippen LogP contribution in [0, 0.1) is 0 Å². The zero-order valence-corrected chi connectivity index (χ0v) is 13.8. The second-order valence-electron chi connectivity index (χ2n) is 5.75. The van der Waals surface area contributed by atoms with E-state index >= 15 is 0 Å². The second kappa shape index (κ2) is 5.96. The molecule has 0 atom stereocenters. The van der Waals surface area contributed by atoms with Gasteiger partial charge < -0.3 is 5.73 Å². The van der Waals surface area contributed by atoms with Gasteiger partial charge in [0.25, 0.3) is 5.56 Å². The average Bonchev–Trinajstić information content (AvgIpc) is 2.94. The monoisotopic (exact) mass is 327 g/mol. The summed E-state index contributed by atoms with van der Waals surface area (Å²) in [5, 5.41) is 2.47. The molecule has 3 aromatic rings. The third-order valence-electron chi connectivity index (χ3n) is 3.78. The van der Waals surface area contributed by atoms with Crippen molar-refractivity contribution in [2.75, 3.05) is 0 Å². The van der Waals surface area contributed by atoms with Crippen molar-refractivity contribution >= 4 is 27.5 Å². The van der Waals surface area contributed by atoms with E-state index in [-0.39, 0.29) is 12.1 Å². The first-order valence-electron chi connectivity index (χ1n) is 7.32. The normalized spacial score (nSPS) is 11.3. The van der Waals surface area contributed by atoms with Crippen molar-refractivity contribution in [1.82, 2.24) is 9.55 Å². The summed E-state index contributed by atoms with van der Waals surface area (Å²) >= 11 is 1.42. The molecule has 1 aromatic carbocycles. The van der Waals surface area contributed by atoms with Gasteiger partial charge in [0.15, 0.2) is 0 Å². The summed E-state index contributed by atoms with van der Waals surface area (Å²) in [5.74, 6) is -0.107. The Balaban J connectivity index is 2.14. The molecule has 0 spiro atoms. The average molecular weight is 327 g/mol. The third-order valence-corrected chi connectivity index (χ3v) is 4.66. The molecule has 0 saturated carbocycles. The van der Waals surface area contributed by atoms with Crippen LogP contribution >= 0.6 is 11.3 Å². The maximum Gasteiger partial charge on any atom is 0.263 e. The van der Waals surface area contributed by atoms with Crippen molar-refractivity contribution in [3.63, 3.8) is 0 Å². The molecular formula is C17H17N3O2S. The number of fused-ring (bicyclic) bond motifs is 1. The van der Waals surface area contributed by atoms with Gasteiger partial charge in [-0.05, 0) is 17.0 Å². The number of hydrogen-bond donors (Lipinski definition) is 1. The molecule has 0 unspecified atom stereocenters. The van der Waals surface area contributed by atoms with Gasteiger partial charge in [-0.15, -0.1) is 11.3 Å². The standard InChI is InChI=1S/C17H17N3O2S/c1-10(2)11-3-5-12(6-4-11)13-8-23-16-15(13)17(22)20(9-19-16)7-14(18)21/h3-6,8-10H,7H2,1-2H3,(H2,18,21). The van der Waals surface area contributed by atoms with Crippen LogP contribution in [0.1, 0.15) is 25.3 Å². The second-order valence-corrected chi connectivity index (χ2v) is 6.61. The van der Waals surface area contributed by atoms with Crippen LogP contribution in [0.4, 0.5) is 0 Å². The fraction of sp³-hybridized carbons (Fsp3) is 0.235. The predicted molar refractivity (Wildman–Crippen MR) is 92.6 cm³/mol. The first-order valence-corrected chi connectivity index (χ1v) is 8.20. The van der Waals surface area contributed by atoms with E-state index in [1.165, 1.54) is 27.8 Å². The molecule has 0 aliphatic carbocycles. The Morgan fingerprint density at radius 1 is 1.30 bits per heavy atom. The number of amides is 1. The lowest BCUT2D eigenvalue weighted by molar-refractivity contribution is -0.118. The van der Waals surface area contributed by atoms with Gasteiger partial charge >= 0.3 is 0 Å². The molecule has 3 rings (SSSR count). The summed E-state index contributed by atoms with van der Waals surface area (Å²) in [7, 11) is 0. The largest absolute Gasteiger partial charge is 0.368 e. The van der Waals surface area contributed by atoms with E-state index < -0.39 is 5.91 Å². The minimum absolute atomic E-state index is 0.163. The van der Waals surface area contributed by atoms with Crippen molar-refractivity contribution in [3.8, 4) is 11.1 Å². The van der Waals surface area contributed by atoms with E-state index in [4.69, 9.17) is 5.73 Å². The summed E-state index contributed by atoms with van der Waals surface area (Å²) in [5.41, 5.74) is 8.01. The number of thiophene rings is 1. The predicted octanol–water partition coefficient (Wildman–Crippen LogP) is 2.73. The van der Waals surface area contributed by atoms with Crippen LogP contribution in [-0.2, 0) is 11.3 Å². The highest BCUT2D eigenvalue weighted by molar-refractivity contribution is 7.17. The Hall–Kier alpha value is -2.47. The van der Waals surface area contributed by atoms with Crippen LogP contribution in [0.15, 0.2) is 40.8 Å². The molecule has 118 valence electrons. The van der Waals surface area contributed by atoms with Crippen molar-refractivity contribution in [3.05, 3.63) is 51.9 Å². The number of aromatic nitrogens is 2. The SMILES string of the molecule is CC(C)c1ccc(-c2csc3ncn(CC(N)=O)c(=O)c23)cc1. The Morgan fingerprint density at radius 2 is 2.00 bits per heavy atom. The van der Waals surface area contributed by atoms with E-state index in [0.29, 0.717) is 16.1 Å². The van der Waals surface area contributed by atoms with Crippen molar-refractivity contribution in [2.24, 2.45) is 5.73 Å². The topological polar surface area (TPSA) is 78.0 Å². The molecule has 0 radical (unpaired) electrons. The number of carbonyl (C=O) groups is 1. The molecule has 23 heavy (non-hydrogen) atoms. The molecule has 5 nitrogen and oxygen atoms in total. The molecule has 0 fully saturated rings. The van der Waals surface area contributed by atoms with E-state index in [1.807, 2.05) is 17.5 Å².